The third-order valence-corrected chi connectivity index (χ3v) is 4.04. The molecule has 2 fully saturated rings. The summed E-state index contributed by atoms with van der Waals surface area (Å²) >= 11 is 0. The van der Waals surface area contributed by atoms with Crippen molar-refractivity contribution in [3.8, 4) is 0 Å². The Morgan fingerprint density at radius 2 is 1.90 bits per heavy atom. The van der Waals surface area contributed by atoms with E-state index in [4.69, 9.17) is 5.11 Å². The molecule has 0 aromatic heterocycles. The highest BCUT2D eigenvalue weighted by Gasteiger charge is 2.50. The molecule has 0 unspecified atom stereocenters. The quantitative estimate of drug-likeness (QED) is 0.471. The van der Waals surface area contributed by atoms with Gasteiger partial charge in [-0.15, -0.1) is 0 Å². The van der Waals surface area contributed by atoms with Crippen LogP contribution in [0.5, 0.6) is 0 Å². The Balaban J connectivity index is 1.51. The number of nitrogens with zero attached hydrogens (tertiary/aromatic N) is 1. The number of carboxylic acid groups (broad SMARTS) is 1. The Kier molecular flexibility index (Phi) is 5.19. The Morgan fingerprint density at radius 1 is 1.20 bits per heavy atom. The van der Waals surface area contributed by atoms with Crippen molar-refractivity contribution >= 4 is 12.0 Å². The van der Waals surface area contributed by atoms with Crippen LogP contribution in [0.25, 0.3) is 0 Å². The molecule has 2 amide bonds. The van der Waals surface area contributed by atoms with Crippen LogP contribution in [0.15, 0.2) is 0 Å². The van der Waals surface area contributed by atoms with Gasteiger partial charge in [0.1, 0.15) is 0 Å². The fraction of sp³-hybridized carbons (Fsp3) is 0.846. The van der Waals surface area contributed by atoms with Crippen LogP contribution in [0, 0.1) is 5.41 Å². The number of urea groups is 1. The summed E-state index contributed by atoms with van der Waals surface area (Å²) in [7, 11) is 0. The summed E-state index contributed by atoms with van der Waals surface area (Å²) < 4.78 is 0. The first kappa shape index (κ1) is 15.1. The zero-order chi connectivity index (χ0) is 14.4. The Morgan fingerprint density at radius 3 is 2.50 bits per heavy atom. The lowest BCUT2D eigenvalue weighted by Gasteiger charge is -2.27. The molecule has 1 aliphatic carbocycles. The summed E-state index contributed by atoms with van der Waals surface area (Å²) in [6.45, 7) is 6.03. The predicted octanol–water partition coefficient (Wildman–Crippen LogP) is -0.554. The highest BCUT2D eigenvalue weighted by atomic mass is 16.4. The normalized spacial score (nSPS) is 21.2. The first-order chi connectivity index (χ1) is 9.62. The molecule has 2 aliphatic rings. The molecule has 4 N–H and O–H groups in total. The lowest BCUT2D eigenvalue weighted by Crippen LogP contribution is -2.45. The molecule has 7 heteroatoms. The molecule has 1 saturated carbocycles. The maximum Gasteiger partial charge on any atom is 0.314 e. The number of aliphatic carboxylic acids is 1. The Bertz CT molecular complexity index is 352. The van der Waals surface area contributed by atoms with Crippen LogP contribution in [0.3, 0.4) is 0 Å². The second-order valence-electron chi connectivity index (χ2n) is 5.64. The van der Waals surface area contributed by atoms with Gasteiger partial charge in [-0.1, -0.05) is 0 Å². The maximum absolute atomic E-state index is 11.6. The number of carboxylic acids is 1. The van der Waals surface area contributed by atoms with Crippen LogP contribution < -0.4 is 16.0 Å². The van der Waals surface area contributed by atoms with E-state index in [0.717, 1.165) is 39.1 Å². The number of carbonyl (C=O) groups excluding carboxylic acids is 1. The second kappa shape index (κ2) is 6.90. The third-order valence-electron chi connectivity index (χ3n) is 4.04. The largest absolute Gasteiger partial charge is 0.481 e. The minimum absolute atomic E-state index is 0.228. The zero-order valence-corrected chi connectivity index (χ0v) is 11.8. The summed E-state index contributed by atoms with van der Waals surface area (Å²) in [6, 6.07) is -0.266. The van der Waals surface area contributed by atoms with Crippen LogP contribution >= 0.6 is 0 Å². The molecular formula is C13H24N4O3. The monoisotopic (exact) mass is 284 g/mol. The molecule has 0 atom stereocenters. The molecule has 0 aromatic rings. The lowest BCUT2D eigenvalue weighted by molar-refractivity contribution is -0.143. The van der Waals surface area contributed by atoms with E-state index in [9.17, 15) is 9.59 Å². The molecule has 1 aliphatic heterocycles. The van der Waals surface area contributed by atoms with E-state index in [1.165, 1.54) is 0 Å². The molecule has 7 nitrogen and oxygen atoms in total. The zero-order valence-electron chi connectivity index (χ0n) is 11.8. The van der Waals surface area contributed by atoms with Gasteiger partial charge in [-0.25, -0.2) is 4.79 Å². The molecule has 0 radical (unpaired) electrons. The standard InChI is InChI=1S/C13H24N4O3/c18-11(19)13(2-3-13)10-16-12(20)15-4-1-7-17-8-5-14-6-9-17/h14H,1-10H2,(H,18,19)(H2,15,16,20). The minimum atomic E-state index is -0.809. The van der Waals surface area contributed by atoms with Gasteiger partial charge >= 0.3 is 12.0 Å². The van der Waals surface area contributed by atoms with E-state index in [0.29, 0.717) is 19.4 Å². The van der Waals surface area contributed by atoms with Gasteiger partial charge in [0, 0.05) is 39.3 Å². The first-order valence-electron chi connectivity index (χ1n) is 7.31. The summed E-state index contributed by atoms with van der Waals surface area (Å²) in [5.74, 6) is -0.809. The van der Waals surface area contributed by atoms with E-state index >= 15 is 0 Å². The molecular weight excluding hydrogens is 260 g/mol. The fourth-order valence-corrected chi connectivity index (χ4v) is 2.37. The summed E-state index contributed by atoms with van der Waals surface area (Å²) in [5.41, 5.74) is -0.696. The summed E-state index contributed by atoms with van der Waals surface area (Å²) in [4.78, 5) is 24.9. The van der Waals surface area contributed by atoms with Gasteiger partial charge < -0.3 is 26.0 Å². The van der Waals surface area contributed by atoms with E-state index in [2.05, 4.69) is 20.9 Å². The van der Waals surface area contributed by atoms with E-state index < -0.39 is 11.4 Å². The van der Waals surface area contributed by atoms with Crippen LogP contribution in [0.4, 0.5) is 4.79 Å². The van der Waals surface area contributed by atoms with Gasteiger partial charge in [0.25, 0.3) is 0 Å². The minimum Gasteiger partial charge on any atom is -0.481 e. The van der Waals surface area contributed by atoms with Gasteiger partial charge in [0.2, 0.25) is 0 Å². The first-order valence-corrected chi connectivity index (χ1v) is 7.31. The van der Waals surface area contributed by atoms with E-state index in [1.54, 1.807) is 0 Å². The second-order valence-corrected chi connectivity index (χ2v) is 5.64. The van der Waals surface area contributed by atoms with Crippen molar-refractivity contribution in [3.05, 3.63) is 0 Å². The molecule has 0 spiro atoms. The van der Waals surface area contributed by atoms with Gasteiger partial charge in [-0.05, 0) is 25.8 Å². The molecule has 20 heavy (non-hydrogen) atoms. The predicted molar refractivity (Wildman–Crippen MR) is 74.6 cm³/mol. The number of amides is 2. The van der Waals surface area contributed by atoms with Crippen LogP contribution in [0.2, 0.25) is 0 Å². The smallest absolute Gasteiger partial charge is 0.314 e. The molecule has 0 aromatic carbocycles. The number of piperazine rings is 1. The average molecular weight is 284 g/mol. The lowest BCUT2D eigenvalue weighted by atomic mass is 10.1. The van der Waals surface area contributed by atoms with E-state index in [1.807, 2.05) is 0 Å². The topological polar surface area (TPSA) is 93.7 Å². The van der Waals surface area contributed by atoms with Crippen molar-refractivity contribution in [1.29, 1.82) is 0 Å². The SMILES string of the molecule is O=C(NCCCN1CCNCC1)NCC1(C(=O)O)CC1. The van der Waals surface area contributed by atoms with Crippen molar-refractivity contribution in [2.75, 3.05) is 45.8 Å². The number of rotatable bonds is 7. The molecule has 1 saturated heterocycles. The third kappa shape index (κ3) is 4.35. The number of hydrogen-bond donors (Lipinski definition) is 4. The van der Waals surface area contributed by atoms with Crippen LogP contribution in [-0.4, -0.2) is 67.8 Å². The molecule has 114 valence electrons. The van der Waals surface area contributed by atoms with Crippen molar-refractivity contribution < 1.29 is 14.7 Å². The van der Waals surface area contributed by atoms with Crippen LogP contribution in [-0.2, 0) is 4.79 Å². The van der Waals surface area contributed by atoms with Gasteiger partial charge in [0.15, 0.2) is 0 Å². The molecule has 0 bridgehead atoms. The van der Waals surface area contributed by atoms with Crippen molar-refractivity contribution in [2.45, 2.75) is 19.3 Å². The van der Waals surface area contributed by atoms with Gasteiger partial charge in [-0.2, -0.15) is 0 Å². The molecule has 2 rings (SSSR count). The van der Waals surface area contributed by atoms with Crippen molar-refractivity contribution in [2.24, 2.45) is 5.41 Å². The average Bonchev–Trinajstić information content (AvgIpc) is 3.24. The van der Waals surface area contributed by atoms with Crippen LogP contribution in [0.1, 0.15) is 19.3 Å². The molecule has 1 heterocycles. The van der Waals surface area contributed by atoms with Crippen molar-refractivity contribution in [1.82, 2.24) is 20.9 Å². The Labute approximate surface area is 119 Å². The summed E-state index contributed by atoms with van der Waals surface area (Å²) in [5, 5.41) is 17.7. The van der Waals surface area contributed by atoms with Gasteiger partial charge in [-0.3, -0.25) is 4.79 Å². The maximum atomic E-state index is 11.6. The van der Waals surface area contributed by atoms with Gasteiger partial charge in [0.05, 0.1) is 5.41 Å². The van der Waals surface area contributed by atoms with Crippen molar-refractivity contribution in [3.63, 3.8) is 0 Å². The highest BCUT2D eigenvalue weighted by Crippen LogP contribution is 2.45. The Hall–Kier alpha value is -1.34. The van der Waals surface area contributed by atoms with E-state index in [-0.39, 0.29) is 12.6 Å². The summed E-state index contributed by atoms with van der Waals surface area (Å²) in [6.07, 6.45) is 2.23. The number of carbonyl (C=O) groups is 2. The number of nitrogens with one attached hydrogen (secondary N) is 3. The fourth-order valence-electron chi connectivity index (χ4n) is 2.37. The highest BCUT2D eigenvalue weighted by molar-refractivity contribution is 5.80. The number of hydrogen-bond acceptors (Lipinski definition) is 4.